The molecule has 1 aromatic rings. The van der Waals surface area contributed by atoms with Gasteiger partial charge in [0.2, 0.25) is 0 Å². The summed E-state index contributed by atoms with van der Waals surface area (Å²) in [6.45, 7) is 5.36. The molecule has 0 heterocycles. The molecule has 0 saturated carbocycles. The fraction of sp³-hybridized carbons (Fsp3) is 0.538. The molecule has 0 unspecified atom stereocenters. The standard InChI is InChI=1S/C13H20ClNO/c1-13(2,8-9-16)15(3)10-11-4-6-12(14)7-5-11/h4-7,16H,8-10H2,1-3H3. The first-order valence-corrected chi connectivity index (χ1v) is 5.90. The first-order valence-electron chi connectivity index (χ1n) is 5.52. The summed E-state index contributed by atoms with van der Waals surface area (Å²) < 4.78 is 0. The quantitative estimate of drug-likeness (QED) is 0.857. The van der Waals surface area contributed by atoms with Crippen LogP contribution in [0.1, 0.15) is 25.8 Å². The molecule has 0 radical (unpaired) electrons. The number of benzene rings is 1. The molecule has 3 heteroatoms. The minimum Gasteiger partial charge on any atom is -0.396 e. The van der Waals surface area contributed by atoms with E-state index in [0.717, 1.165) is 18.0 Å². The van der Waals surface area contributed by atoms with Crippen LogP contribution >= 0.6 is 11.6 Å². The summed E-state index contributed by atoms with van der Waals surface area (Å²) in [5, 5.41) is 9.77. The molecule has 1 aromatic carbocycles. The van der Waals surface area contributed by atoms with Crippen molar-refractivity contribution in [2.75, 3.05) is 13.7 Å². The van der Waals surface area contributed by atoms with Gasteiger partial charge in [0.1, 0.15) is 0 Å². The van der Waals surface area contributed by atoms with Crippen LogP contribution in [0.5, 0.6) is 0 Å². The van der Waals surface area contributed by atoms with Crippen LogP contribution in [0.15, 0.2) is 24.3 Å². The lowest BCUT2D eigenvalue weighted by Gasteiger charge is -2.35. The van der Waals surface area contributed by atoms with E-state index in [4.69, 9.17) is 16.7 Å². The van der Waals surface area contributed by atoms with Crippen LogP contribution in [0.2, 0.25) is 5.02 Å². The second-order valence-electron chi connectivity index (χ2n) is 4.77. The van der Waals surface area contributed by atoms with E-state index in [1.54, 1.807) is 0 Å². The molecule has 1 N–H and O–H groups in total. The second-order valence-corrected chi connectivity index (χ2v) is 5.21. The third-order valence-corrected chi connectivity index (χ3v) is 3.34. The van der Waals surface area contributed by atoms with Crippen LogP contribution < -0.4 is 0 Å². The van der Waals surface area contributed by atoms with Gasteiger partial charge in [-0.1, -0.05) is 23.7 Å². The number of halogens is 1. The highest BCUT2D eigenvalue weighted by Crippen LogP contribution is 2.20. The minimum absolute atomic E-state index is 0.00832. The van der Waals surface area contributed by atoms with E-state index in [0.29, 0.717) is 0 Å². The Morgan fingerprint density at radius 3 is 2.31 bits per heavy atom. The Balaban J connectivity index is 2.63. The first-order chi connectivity index (χ1) is 7.45. The van der Waals surface area contributed by atoms with E-state index in [9.17, 15) is 0 Å². The SMILES string of the molecule is CN(Cc1ccc(Cl)cc1)C(C)(C)CCO. The van der Waals surface area contributed by atoms with Gasteiger partial charge < -0.3 is 5.11 Å². The molecular weight excluding hydrogens is 222 g/mol. The Hall–Kier alpha value is -0.570. The Bertz CT molecular complexity index is 321. The second kappa shape index (κ2) is 5.67. The molecule has 0 amide bonds. The summed E-state index contributed by atoms with van der Waals surface area (Å²) >= 11 is 5.84. The summed E-state index contributed by atoms with van der Waals surface area (Å²) in [6.07, 6.45) is 0.775. The van der Waals surface area contributed by atoms with E-state index in [2.05, 4.69) is 25.8 Å². The van der Waals surface area contributed by atoms with E-state index >= 15 is 0 Å². The topological polar surface area (TPSA) is 23.5 Å². The van der Waals surface area contributed by atoms with E-state index < -0.39 is 0 Å². The van der Waals surface area contributed by atoms with Crippen molar-refractivity contribution in [1.82, 2.24) is 4.90 Å². The minimum atomic E-state index is 0.00832. The number of aliphatic hydroxyl groups is 1. The number of hydrogen-bond acceptors (Lipinski definition) is 2. The van der Waals surface area contributed by atoms with Crippen molar-refractivity contribution in [1.29, 1.82) is 0 Å². The Morgan fingerprint density at radius 2 is 1.81 bits per heavy atom. The van der Waals surface area contributed by atoms with Crippen molar-refractivity contribution in [3.05, 3.63) is 34.9 Å². The van der Waals surface area contributed by atoms with Gasteiger partial charge in [0.05, 0.1) is 0 Å². The maximum atomic E-state index is 9.01. The van der Waals surface area contributed by atoms with E-state index in [-0.39, 0.29) is 12.1 Å². The number of aliphatic hydroxyl groups excluding tert-OH is 1. The van der Waals surface area contributed by atoms with Crippen molar-refractivity contribution < 1.29 is 5.11 Å². The van der Waals surface area contributed by atoms with Crippen LogP contribution in [0, 0.1) is 0 Å². The van der Waals surface area contributed by atoms with Gasteiger partial charge in [-0.2, -0.15) is 0 Å². The van der Waals surface area contributed by atoms with E-state index in [1.165, 1.54) is 5.56 Å². The third kappa shape index (κ3) is 3.78. The fourth-order valence-electron chi connectivity index (χ4n) is 1.54. The van der Waals surface area contributed by atoms with Gasteiger partial charge in [0, 0.05) is 23.7 Å². The van der Waals surface area contributed by atoms with Crippen molar-refractivity contribution >= 4 is 11.6 Å². The monoisotopic (exact) mass is 241 g/mol. The molecule has 2 nitrogen and oxygen atoms in total. The van der Waals surface area contributed by atoms with Gasteiger partial charge in [0.25, 0.3) is 0 Å². The Kier molecular flexibility index (Phi) is 4.78. The van der Waals surface area contributed by atoms with E-state index in [1.807, 2.05) is 24.3 Å². The predicted octanol–water partition coefficient (Wildman–Crippen LogP) is 2.93. The average molecular weight is 242 g/mol. The van der Waals surface area contributed by atoms with Crippen LogP contribution in [0.25, 0.3) is 0 Å². The zero-order valence-corrected chi connectivity index (χ0v) is 11.0. The third-order valence-electron chi connectivity index (χ3n) is 3.09. The van der Waals surface area contributed by atoms with Gasteiger partial charge >= 0.3 is 0 Å². The molecule has 90 valence electrons. The smallest absolute Gasteiger partial charge is 0.0448 e. The van der Waals surface area contributed by atoms with Crippen LogP contribution in [-0.2, 0) is 6.54 Å². The lowest BCUT2D eigenvalue weighted by molar-refractivity contribution is 0.110. The number of nitrogens with zero attached hydrogens (tertiary/aromatic N) is 1. The highest BCUT2D eigenvalue weighted by molar-refractivity contribution is 6.30. The maximum Gasteiger partial charge on any atom is 0.0448 e. The summed E-state index contributed by atoms with van der Waals surface area (Å²) in [5.74, 6) is 0. The molecule has 0 atom stereocenters. The van der Waals surface area contributed by atoms with Gasteiger partial charge in [-0.25, -0.2) is 0 Å². The van der Waals surface area contributed by atoms with Crippen LogP contribution in [0.3, 0.4) is 0 Å². The normalized spacial score (nSPS) is 12.1. The fourth-order valence-corrected chi connectivity index (χ4v) is 1.67. The zero-order chi connectivity index (χ0) is 12.2. The first kappa shape index (κ1) is 13.5. The Labute approximate surface area is 103 Å². The largest absolute Gasteiger partial charge is 0.396 e. The van der Waals surface area contributed by atoms with Crippen molar-refractivity contribution in [2.45, 2.75) is 32.4 Å². The van der Waals surface area contributed by atoms with Gasteiger partial charge in [0.15, 0.2) is 0 Å². The van der Waals surface area contributed by atoms with Gasteiger partial charge in [-0.3, -0.25) is 4.90 Å². The molecule has 0 fully saturated rings. The van der Waals surface area contributed by atoms with Gasteiger partial charge in [-0.15, -0.1) is 0 Å². The molecule has 0 aliphatic carbocycles. The molecule has 0 bridgehead atoms. The molecule has 0 aromatic heterocycles. The molecule has 0 spiro atoms. The number of rotatable bonds is 5. The Morgan fingerprint density at radius 1 is 1.25 bits per heavy atom. The molecule has 0 aliphatic rings. The predicted molar refractivity (Wildman–Crippen MR) is 68.7 cm³/mol. The van der Waals surface area contributed by atoms with Crippen LogP contribution in [0.4, 0.5) is 0 Å². The lowest BCUT2D eigenvalue weighted by Crippen LogP contribution is -2.41. The summed E-state index contributed by atoms with van der Waals surface area (Å²) in [5.41, 5.74) is 1.24. The molecule has 16 heavy (non-hydrogen) atoms. The highest BCUT2D eigenvalue weighted by Gasteiger charge is 2.22. The molecular formula is C13H20ClNO. The van der Waals surface area contributed by atoms with Crippen molar-refractivity contribution in [3.63, 3.8) is 0 Å². The molecule has 0 saturated heterocycles. The lowest BCUT2D eigenvalue weighted by atomic mass is 9.98. The summed E-state index contributed by atoms with van der Waals surface area (Å²) in [4.78, 5) is 2.24. The summed E-state index contributed by atoms with van der Waals surface area (Å²) in [6, 6.07) is 7.88. The summed E-state index contributed by atoms with van der Waals surface area (Å²) in [7, 11) is 2.07. The van der Waals surface area contributed by atoms with Gasteiger partial charge in [-0.05, 0) is 45.0 Å². The number of hydrogen-bond donors (Lipinski definition) is 1. The highest BCUT2D eigenvalue weighted by atomic mass is 35.5. The molecule has 0 aliphatic heterocycles. The average Bonchev–Trinajstić information content (AvgIpc) is 2.21. The van der Waals surface area contributed by atoms with Crippen molar-refractivity contribution in [3.8, 4) is 0 Å². The zero-order valence-electron chi connectivity index (χ0n) is 10.2. The van der Waals surface area contributed by atoms with Crippen LogP contribution in [-0.4, -0.2) is 29.2 Å². The van der Waals surface area contributed by atoms with Crippen molar-refractivity contribution in [2.24, 2.45) is 0 Å². The maximum absolute atomic E-state index is 9.01. The molecule has 1 rings (SSSR count).